The van der Waals surface area contributed by atoms with Crippen LogP contribution in [-0.4, -0.2) is 76.6 Å². The van der Waals surface area contributed by atoms with E-state index in [2.05, 4.69) is 4.90 Å². The van der Waals surface area contributed by atoms with Crippen molar-refractivity contribution in [3.8, 4) is 11.5 Å². The van der Waals surface area contributed by atoms with Crippen molar-refractivity contribution >= 4 is 29.6 Å². The molecule has 3 heterocycles. The van der Waals surface area contributed by atoms with Crippen LogP contribution in [0.15, 0.2) is 78.9 Å². The minimum atomic E-state index is -0.684. The van der Waals surface area contributed by atoms with Crippen LogP contribution in [0.5, 0.6) is 11.5 Å². The molecule has 10 heteroatoms. The molecule has 3 aromatic rings. The van der Waals surface area contributed by atoms with Crippen LogP contribution in [-0.2, 0) is 22.6 Å². The van der Waals surface area contributed by atoms with Gasteiger partial charge in [0, 0.05) is 44.3 Å². The summed E-state index contributed by atoms with van der Waals surface area (Å²) < 4.78 is 5.96. The molecule has 4 amide bonds. The summed E-state index contributed by atoms with van der Waals surface area (Å²) in [6.45, 7) is 3.02. The van der Waals surface area contributed by atoms with E-state index in [1.54, 1.807) is 4.90 Å². The number of rotatable bonds is 8. The average molecular weight is 603 g/mol. The molecule has 3 fully saturated rings. The number of benzene rings is 3. The number of fused-ring (bicyclic) bond motifs is 1. The van der Waals surface area contributed by atoms with Crippen molar-refractivity contribution in [2.75, 3.05) is 32.7 Å². The first-order chi connectivity index (χ1) is 20.9. The van der Waals surface area contributed by atoms with Gasteiger partial charge in [-0.1, -0.05) is 59.1 Å². The Balaban J connectivity index is 0.984. The van der Waals surface area contributed by atoms with E-state index in [1.165, 1.54) is 10.5 Å². The van der Waals surface area contributed by atoms with Crippen molar-refractivity contribution in [3.05, 3.63) is 95.0 Å². The highest BCUT2D eigenvalue weighted by atomic mass is 35.5. The summed E-state index contributed by atoms with van der Waals surface area (Å²) in [5, 5.41) is 1.40. The zero-order chi connectivity index (χ0) is 29.8. The number of amides is 4. The first-order valence-electron chi connectivity index (χ1n) is 14.8. The Morgan fingerprint density at radius 3 is 2.35 bits per heavy atom. The van der Waals surface area contributed by atoms with Crippen LogP contribution in [0, 0.1) is 5.92 Å². The van der Waals surface area contributed by atoms with Gasteiger partial charge in [-0.25, -0.2) is 9.59 Å². The van der Waals surface area contributed by atoms with Gasteiger partial charge in [0.15, 0.2) is 0 Å². The van der Waals surface area contributed by atoms with Crippen LogP contribution < -0.4 is 4.74 Å². The fourth-order valence-electron chi connectivity index (χ4n) is 6.01. The number of likely N-dealkylation sites (tertiary alicyclic amines) is 1. The lowest BCUT2D eigenvalue weighted by molar-refractivity contribution is -0.152. The van der Waals surface area contributed by atoms with Crippen molar-refractivity contribution < 1.29 is 24.0 Å². The highest BCUT2D eigenvalue weighted by Gasteiger charge is 2.50. The number of hydrogen-bond acceptors (Lipinski definition) is 6. The highest BCUT2D eigenvalue weighted by molar-refractivity contribution is 6.30. The molecule has 0 aliphatic carbocycles. The van der Waals surface area contributed by atoms with E-state index >= 15 is 0 Å². The van der Waals surface area contributed by atoms with E-state index in [1.807, 2.05) is 78.9 Å². The second-order valence-electron chi connectivity index (χ2n) is 11.4. The quantitative estimate of drug-likeness (QED) is 0.295. The molecule has 1 unspecified atom stereocenters. The number of ether oxygens (including phenoxy) is 1. The number of halogens is 1. The Morgan fingerprint density at radius 2 is 1.58 bits per heavy atom. The minimum Gasteiger partial charge on any atom is -0.457 e. The number of piperidine rings is 1. The zero-order valence-corrected chi connectivity index (χ0v) is 24.7. The average Bonchev–Trinajstić information content (AvgIpc) is 3.26. The number of carbonyl (C=O) groups excluding carboxylic acids is 3. The number of urea groups is 1. The first-order valence-corrected chi connectivity index (χ1v) is 15.2. The molecule has 224 valence electrons. The molecule has 0 saturated carbocycles. The number of piperazine rings is 1. The van der Waals surface area contributed by atoms with Crippen molar-refractivity contribution in [2.24, 2.45) is 5.92 Å². The maximum Gasteiger partial charge on any atom is 0.434 e. The summed E-state index contributed by atoms with van der Waals surface area (Å²) in [4.78, 5) is 49.8. The molecule has 0 bridgehead atoms. The number of carbonyl (C=O) groups is 3. The normalized spacial score (nSPS) is 19.5. The van der Waals surface area contributed by atoms with Crippen molar-refractivity contribution in [1.29, 1.82) is 0 Å². The standard InChI is InChI=1S/C33H35ClN4O5/c34-27-13-11-24(12-14-27)9-10-25-15-17-36(18-16-25)33(41)43-38-31(39)30-23-35(19-20-37(30)32(38)40)22-26-5-4-8-29(21-26)42-28-6-2-1-3-7-28/h1-8,11-14,21,25,30H,9-10,15-20,22-23H2. The van der Waals surface area contributed by atoms with Crippen molar-refractivity contribution in [2.45, 2.75) is 38.3 Å². The number of aryl methyl sites for hydroxylation is 1. The van der Waals surface area contributed by atoms with E-state index in [0.717, 1.165) is 47.8 Å². The number of imide groups is 1. The Hall–Kier alpha value is -4.08. The lowest BCUT2D eigenvalue weighted by atomic mass is 9.91. The fraction of sp³-hybridized carbons (Fsp3) is 0.364. The Labute approximate surface area is 256 Å². The Morgan fingerprint density at radius 1 is 0.837 bits per heavy atom. The molecular weight excluding hydrogens is 568 g/mol. The monoisotopic (exact) mass is 602 g/mol. The van der Waals surface area contributed by atoms with Crippen LogP contribution in [0.1, 0.15) is 30.4 Å². The van der Waals surface area contributed by atoms with E-state index in [0.29, 0.717) is 50.2 Å². The molecular formula is C33H35ClN4O5. The summed E-state index contributed by atoms with van der Waals surface area (Å²) in [5.41, 5.74) is 2.29. The lowest BCUT2D eigenvalue weighted by Gasteiger charge is -2.35. The second-order valence-corrected chi connectivity index (χ2v) is 11.8. The molecule has 6 rings (SSSR count). The summed E-state index contributed by atoms with van der Waals surface area (Å²) in [6, 6.07) is 24.1. The number of hydroxylamine groups is 2. The van der Waals surface area contributed by atoms with Crippen LogP contribution >= 0.6 is 11.6 Å². The zero-order valence-electron chi connectivity index (χ0n) is 23.9. The molecule has 3 saturated heterocycles. The molecule has 3 aromatic carbocycles. The Bertz CT molecular complexity index is 1450. The molecule has 3 aliphatic rings. The minimum absolute atomic E-state index is 0.363. The summed E-state index contributed by atoms with van der Waals surface area (Å²) in [7, 11) is 0. The predicted molar refractivity (Wildman–Crippen MR) is 162 cm³/mol. The van der Waals surface area contributed by atoms with Gasteiger partial charge < -0.3 is 19.4 Å². The van der Waals surface area contributed by atoms with E-state index < -0.39 is 24.1 Å². The van der Waals surface area contributed by atoms with Crippen molar-refractivity contribution in [3.63, 3.8) is 0 Å². The number of para-hydroxylation sites is 1. The van der Waals surface area contributed by atoms with Crippen LogP contribution in [0.4, 0.5) is 9.59 Å². The number of nitrogens with zero attached hydrogens (tertiary/aromatic N) is 4. The molecule has 0 spiro atoms. The highest BCUT2D eigenvalue weighted by Crippen LogP contribution is 2.28. The van der Waals surface area contributed by atoms with Gasteiger partial charge in [-0.05, 0) is 79.1 Å². The Kier molecular flexibility index (Phi) is 8.81. The summed E-state index contributed by atoms with van der Waals surface area (Å²) in [6.07, 6.45) is 3.05. The van der Waals surface area contributed by atoms with Crippen LogP contribution in [0.2, 0.25) is 5.02 Å². The van der Waals surface area contributed by atoms with Gasteiger partial charge in [0.05, 0.1) is 0 Å². The third kappa shape index (κ3) is 6.95. The lowest BCUT2D eigenvalue weighted by Crippen LogP contribution is -2.52. The van der Waals surface area contributed by atoms with Gasteiger partial charge in [0.25, 0.3) is 5.91 Å². The second kappa shape index (κ2) is 13.1. The molecule has 1 atom stereocenters. The van der Waals surface area contributed by atoms with Gasteiger partial charge in [-0.15, -0.1) is 0 Å². The van der Waals surface area contributed by atoms with E-state index in [4.69, 9.17) is 21.2 Å². The first kappa shape index (κ1) is 29.0. The topological polar surface area (TPSA) is 82.6 Å². The smallest absolute Gasteiger partial charge is 0.434 e. The third-order valence-electron chi connectivity index (χ3n) is 8.45. The third-order valence-corrected chi connectivity index (χ3v) is 8.70. The molecule has 9 nitrogen and oxygen atoms in total. The molecule has 0 aromatic heterocycles. The predicted octanol–water partition coefficient (Wildman–Crippen LogP) is 5.98. The van der Waals surface area contributed by atoms with Gasteiger partial charge in [0.1, 0.15) is 17.5 Å². The molecule has 43 heavy (non-hydrogen) atoms. The van der Waals surface area contributed by atoms with E-state index in [-0.39, 0.29) is 0 Å². The van der Waals surface area contributed by atoms with Gasteiger partial charge >= 0.3 is 12.1 Å². The number of hydrogen-bond donors (Lipinski definition) is 0. The summed E-state index contributed by atoms with van der Waals surface area (Å²) >= 11 is 5.98. The van der Waals surface area contributed by atoms with Crippen molar-refractivity contribution in [1.82, 2.24) is 19.8 Å². The maximum absolute atomic E-state index is 13.2. The van der Waals surface area contributed by atoms with Gasteiger partial charge in [-0.3, -0.25) is 9.69 Å². The van der Waals surface area contributed by atoms with Gasteiger partial charge in [0.2, 0.25) is 0 Å². The fourth-order valence-corrected chi connectivity index (χ4v) is 6.13. The molecule has 0 N–H and O–H groups in total. The van der Waals surface area contributed by atoms with Crippen LogP contribution in [0.3, 0.4) is 0 Å². The summed E-state index contributed by atoms with van der Waals surface area (Å²) in [5.74, 6) is 1.50. The van der Waals surface area contributed by atoms with Crippen LogP contribution in [0.25, 0.3) is 0 Å². The van der Waals surface area contributed by atoms with Gasteiger partial charge in [-0.2, -0.15) is 0 Å². The molecule has 0 radical (unpaired) electrons. The SMILES string of the molecule is O=C(ON1C(=O)C2CN(Cc3cccc(Oc4ccccc4)c3)CCN2C1=O)N1CCC(CCc2ccc(Cl)cc2)CC1. The maximum atomic E-state index is 13.2. The van der Waals surface area contributed by atoms with E-state index in [9.17, 15) is 14.4 Å². The molecule has 3 aliphatic heterocycles. The largest absolute Gasteiger partial charge is 0.457 e.